The number of carbonyl (C=O) groups excluding carboxylic acids is 1. The molecule has 0 radical (unpaired) electrons. The molecule has 0 N–H and O–H groups in total. The Labute approximate surface area is 177 Å². The number of hydrogen-bond acceptors (Lipinski definition) is 6. The van der Waals surface area contributed by atoms with Crippen molar-refractivity contribution >= 4 is 33.4 Å². The molecule has 0 bridgehead atoms. The zero-order valence-electron chi connectivity index (χ0n) is 12.6. The summed E-state index contributed by atoms with van der Waals surface area (Å²) in [5.74, 6) is -0.0903. The summed E-state index contributed by atoms with van der Waals surface area (Å²) in [4.78, 5) is 14.1. The minimum atomic E-state index is -4.39. The third-order valence-corrected chi connectivity index (χ3v) is 4.40. The molecule has 0 aliphatic carbocycles. The Morgan fingerprint density at radius 2 is 2.09 bits per heavy atom. The minimum Gasteiger partial charge on any atom is -0.744 e. The van der Waals surface area contributed by atoms with Crippen LogP contribution in [0.4, 0.5) is 5.69 Å². The van der Waals surface area contributed by atoms with Crippen molar-refractivity contribution in [3.8, 4) is 0 Å². The summed E-state index contributed by atoms with van der Waals surface area (Å²) in [5, 5.41) is 1.35. The number of fused-ring (bicyclic) bond motifs is 1. The molecule has 1 aliphatic rings. The van der Waals surface area contributed by atoms with E-state index < -0.39 is 10.1 Å². The molecule has 22 heavy (non-hydrogen) atoms. The molecule has 0 spiro atoms. The predicted molar refractivity (Wildman–Crippen MR) is 82.0 cm³/mol. The second-order valence-corrected chi connectivity index (χ2v) is 6.96. The van der Waals surface area contributed by atoms with Gasteiger partial charge in [-0.1, -0.05) is 23.9 Å². The van der Waals surface area contributed by atoms with Crippen molar-refractivity contribution in [2.24, 2.45) is 0 Å². The molecule has 1 heterocycles. The van der Waals surface area contributed by atoms with Crippen LogP contribution in [-0.4, -0.2) is 25.3 Å². The van der Waals surface area contributed by atoms with E-state index in [1.165, 1.54) is 30.8 Å². The van der Waals surface area contributed by atoms with Crippen LogP contribution in [0.5, 0.6) is 0 Å². The van der Waals surface area contributed by atoms with Crippen molar-refractivity contribution in [1.29, 1.82) is 0 Å². The van der Waals surface area contributed by atoms with E-state index in [1.54, 1.807) is 0 Å². The second kappa shape index (κ2) is 8.25. The van der Waals surface area contributed by atoms with Crippen LogP contribution in [0, 0.1) is 6.92 Å². The van der Waals surface area contributed by atoms with Crippen molar-refractivity contribution < 1.29 is 69.1 Å². The molecule has 8 heteroatoms. The summed E-state index contributed by atoms with van der Waals surface area (Å²) in [6.45, 7) is 3.62. The molecule has 0 atom stereocenters. The molecule has 0 saturated heterocycles. The average molecular weight is 364 g/mol. The number of anilines is 1. The van der Waals surface area contributed by atoms with Crippen LogP contribution in [0.15, 0.2) is 45.7 Å². The number of aryl methyl sites for hydroxylation is 1. The molecule has 0 unspecified atom stereocenters. The number of thioether (sulfide) groups is 1. The molecular weight excluding hydrogens is 349 g/mol. The average Bonchev–Trinajstić information content (AvgIpc) is 2.65. The molecular formula is C14H14KNO4S2. The van der Waals surface area contributed by atoms with Gasteiger partial charge in [-0.3, -0.25) is 4.79 Å². The first-order chi connectivity index (χ1) is 9.76. The van der Waals surface area contributed by atoms with Gasteiger partial charge in [0.05, 0.1) is 10.7 Å². The first kappa shape index (κ1) is 20.1. The fourth-order valence-electron chi connectivity index (χ4n) is 1.95. The van der Waals surface area contributed by atoms with Crippen LogP contribution in [0.25, 0.3) is 0 Å². The smallest absolute Gasteiger partial charge is 0.744 e. The normalized spacial score (nSPS) is 16.0. The molecule has 2 rings (SSSR count). The van der Waals surface area contributed by atoms with Gasteiger partial charge in [0.2, 0.25) is 0 Å². The SMILES string of the molecule is CC(=O)C=C1Sc2ccc(C)cc2N1CC=CS(=O)(=O)[O-].[K+]. The van der Waals surface area contributed by atoms with Gasteiger partial charge in [-0.25, -0.2) is 8.42 Å². The van der Waals surface area contributed by atoms with Gasteiger partial charge in [-0.15, -0.1) is 0 Å². The van der Waals surface area contributed by atoms with Gasteiger partial charge >= 0.3 is 51.4 Å². The monoisotopic (exact) mass is 363 g/mol. The molecule has 0 aromatic heterocycles. The van der Waals surface area contributed by atoms with E-state index in [0.29, 0.717) is 5.41 Å². The third kappa shape index (κ3) is 5.61. The number of hydrogen-bond donors (Lipinski definition) is 0. The van der Waals surface area contributed by atoms with Crippen LogP contribution in [0.3, 0.4) is 0 Å². The van der Waals surface area contributed by atoms with Gasteiger partial charge < -0.3 is 9.45 Å². The van der Waals surface area contributed by atoms with Gasteiger partial charge in [0.1, 0.15) is 10.1 Å². The second-order valence-electron chi connectivity index (χ2n) is 4.64. The van der Waals surface area contributed by atoms with Gasteiger partial charge in [0.25, 0.3) is 0 Å². The zero-order valence-corrected chi connectivity index (χ0v) is 17.3. The molecule has 0 fully saturated rings. The maximum Gasteiger partial charge on any atom is 1.00 e. The van der Waals surface area contributed by atoms with Crippen molar-refractivity contribution in [2.45, 2.75) is 18.7 Å². The van der Waals surface area contributed by atoms with Crippen LogP contribution in [0.1, 0.15) is 12.5 Å². The Hall–Kier alpha value is 0.0664. The van der Waals surface area contributed by atoms with E-state index in [1.807, 2.05) is 30.0 Å². The quantitative estimate of drug-likeness (QED) is 0.404. The Bertz CT molecular complexity index is 741. The summed E-state index contributed by atoms with van der Waals surface area (Å²) in [6, 6.07) is 5.89. The van der Waals surface area contributed by atoms with Crippen molar-refractivity contribution in [3.05, 3.63) is 46.4 Å². The molecule has 1 aliphatic heterocycles. The van der Waals surface area contributed by atoms with E-state index in [2.05, 4.69) is 0 Å². The van der Waals surface area contributed by atoms with E-state index >= 15 is 0 Å². The minimum absolute atomic E-state index is 0. The molecule has 1 aromatic carbocycles. The first-order valence-corrected chi connectivity index (χ1v) is 8.46. The predicted octanol–water partition coefficient (Wildman–Crippen LogP) is -0.600. The number of nitrogens with zero attached hydrogens (tertiary/aromatic N) is 1. The van der Waals surface area contributed by atoms with Gasteiger partial charge in [0.15, 0.2) is 5.78 Å². The Morgan fingerprint density at radius 3 is 2.68 bits per heavy atom. The molecule has 0 amide bonds. The summed E-state index contributed by atoms with van der Waals surface area (Å²) in [5.41, 5.74) is 1.96. The summed E-state index contributed by atoms with van der Waals surface area (Å²) >= 11 is 1.44. The molecule has 5 nitrogen and oxygen atoms in total. The molecule has 1 aromatic rings. The number of ketones is 1. The van der Waals surface area contributed by atoms with Gasteiger partial charge in [0, 0.05) is 22.9 Å². The Balaban J connectivity index is 0.00000242. The Kier molecular flexibility index (Phi) is 7.54. The largest absolute Gasteiger partial charge is 1.00 e. The molecule has 112 valence electrons. The summed E-state index contributed by atoms with van der Waals surface area (Å²) in [6.07, 6.45) is 2.79. The standard InChI is InChI=1S/C14H15NO4S2.K/c1-10-4-5-13-12(8-10)15(6-3-7-21(17,18)19)14(20-13)9-11(2)16;/h3-5,7-9H,6H2,1-2H3,(H,17,18,19);/q;+1/p-1. The van der Waals surface area contributed by atoms with Crippen LogP contribution < -0.4 is 56.3 Å². The van der Waals surface area contributed by atoms with Gasteiger partial charge in [-0.05, 0) is 31.5 Å². The van der Waals surface area contributed by atoms with E-state index in [-0.39, 0.29) is 63.7 Å². The fourth-order valence-corrected chi connectivity index (χ4v) is 3.41. The summed E-state index contributed by atoms with van der Waals surface area (Å²) < 4.78 is 31.9. The fraction of sp³-hybridized carbons (Fsp3) is 0.214. The van der Waals surface area contributed by atoms with E-state index in [9.17, 15) is 17.8 Å². The maximum absolute atomic E-state index is 11.3. The zero-order chi connectivity index (χ0) is 15.6. The number of allylic oxidation sites excluding steroid dienone is 1. The number of carbonyl (C=O) groups is 1. The van der Waals surface area contributed by atoms with Crippen molar-refractivity contribution in [1.82, 2.24) is 0 Å². The van der Waals surface area contributed by atoms with Crippen LogP contribution in [-0.2, 0) is 14.9 Å². The summed E-state index contributed by atoms with van der Waals surface area (Å²) in [7, 11) is -4.39. The number of rotatable bonds is 4. The van der Waals surface area contributed by atoms with E-state index in [0.717, 1.165) is 21.2 Å². The molecule has 0 saturated carbocycles. The Morgan fingerprint density at radius 1 is 1.41 bits per heavy atom. The first-order valence-electron chi connectivity index (χ1n) is 6.17. The van der Waals surface area contributed by atoms with E-state index in [4.69, 9.17) is 0 Å². The van der Waals surface area contributed by atoms with Crippen LogP contribution in [0.2, 0.25) is 0 Å². The van der Waals surface area contributed by atoms with Crippen LogP contribution >= 0.6 is 11.8 Å². The maximum atomic E-state index is 11.3. The topological polar surface area (TPSA) is 77.5 Å². The number of benzene rings is 1. The third-order valence-electron chi connectivity index (χ3n) is 2.76. The van der Waals surface area contributed by atoms with Crippen molar-refractivity contribution in [3.63, 3.8) is 0 Å². The van der Waals surface area contributed by atoms with Crippen molar-refractivity contribution in [2.75, 3.05) is 11.4 Å². The van der Waals surface area contributed by atoms with Gasteiger partial charge in [-0.2, -0.15) is 0 Å².